The molecular formula is C15H18N2O2S. The van der Waals surface area contributed by atoms with E-state index in [1.165, 1.54) is 24.0 Å². The van der Waals surface area contributed by atoms with Crippen molar-refractivity contribution in [1.29, 1.82) is 0 Å². The normalized spacial score (nSPS) is 11.9. The van der Waals surface area contributed by atoms with Crippen molar-refractivity contribution in [1.82, 2.24) is 4.98 Å². The number of rotatable bonds is 6. The molecule has 1 unspecified atom stereocenters. The molecule has 0 aliphatic rings. The Morgan fingerprint density at radius 1 is 1.40 bits per heavy atom. The standard InChI is InChI=1S/C15H18N2O2S/c1-11(8-9-12-6-4-3-5-7-12)17-15-16-10-13(20-15)14(18)19-2/h3-7,10-11H,8-9H2,1-2H3,(H,16,17). The zero-order valence-electron chi connectivity index (χ0n) is 11.6. The van der Waals surface area contributed by atoms with E-state index >= 15 is 0 Å². The van der Waals surface area contributed by atoms with E-state index in [9.17, 15) is 4.79 Å². The maximum Gasteiger partial charge on any atom is 0.349 e. The van der Waals surface area contributed by atoms with Crippen LogP contribution >= 0.6 is 11.3 Å². The predicted octanol–water partition coefficient (Wildman–Crippen LogP) is 3.36. The van der Waals surface area contributed by atoms with E-state index in [2.05, 4.69) is 46.2 Å². The second-order valence-corrected chi connectivity index (χ2v) is 5.62. The summed E-state index contributed by atoms with van der Waals surface area (Å²) in [5.74, 6) is -0.340. The van der Waals surface area contributed by atoms with Crippen LogP contribution in [0.1, 0.15) is 28.6 Å². The summed E-state index contributed by atoms with van der Waals surface area (Å²) in [6.07, 6.45) is 3.57. The van der Waals surface area contributed by atoms with Crippen LogP contribution in [0, 0.1) is 0 Å². The van der Waals surface area contributed by atoms with Crippen molar-refractivity contribution in [3.8, 4) is 0 Å². The molecule has 1 N–H and O–H groups in total. The van der Waals surface area contributed by atoms with E-state index in [4.69, 9.17) is 0 Å². The van der Waals surface area contributed by atoms with Crippen LogP contribution in [0.2, 0.25) is 0 Å². The average Bonchev–Trinajstić information content (AvgIpc) is 2.94. The Morgan fingerprint density at radius 3 is 2.85 bits per heavy atom. The molecule has 0 spiro atoms. The molecule has 2 rings (SSSR count). The number of methoxy groups -OCH3 is 1. The van der Waals surface area contributed by atoms with Gasteiger partial charge in [0.2, 0.25) is 0 Å². The van der Waals surface area contributed by atoms with Gasteiger partial charge in [0.15, 0.2) is 5.13 Å². The average molecular weight is 290 g/mol. The van der Waals surface area contributed by atoms with Gasteiger partial charge in [0.05, 0.1) is 13.3 Å². The highest BCUT2D eigenvalue weighted by molar-refractivity contribution is 7.17. The van der Waals surface area contributed by atoms with Crippen LogP contribution in [-0.2, 0) is 11.2 Å². The van der Waals surface area contributed by atoms with Crippen molar-refractivity contribution in [3.05, 3.63) is 47.0 Å². The highest BCUT2D eigenvalue weighted by atomic mass is 32.1. The van der Waals surface area contributed by atoms with Gasteiger partial charge in [0, 0.05) is 6.04 Å². The summed E-state index contributed by atoms with van der Waals surface area (Å²) < 4.78 is 4.66. The lowest BCUT2D eigenvalue weighted by Crippen LogP contribution is -2.15. The van der Waals surface area contributed by atoms with Gasteiger partial charge < -0.3 is 10.1 Å². The maximum absolute atomic E-state index is 11.3. The molecule has 0 radical (unpaired) electrons. The molecule has 4 nitrogen and oxygen atoms in total. The molecule has 0 saturated heterocycles. The fourth-order valence-corrected chi connectivity index (χ4v) is 2.69. The molecule has 1 aromatic heterocycles. The minimum absolute atomic E-state index is 0.298. The molecule has 0 fully saturated rings. The Kier molecular flexibility index (Phi) is 5.12. The fourth-order valence-electron chi connectivity index (χ4n) is 1.85. The number of ether oxygens (including phenoxy) is 1. The quantitative estimate of drug-likeness (QED) is 0.829. The number of carbonyl (C=O) groups is 1. The Balaban J connectivity index is 1.83. The van der Waals surface area contributed by atoms with Gasteiger partial charge in [0.25, 0.3) is 0 Å². The van der Waals surface area contributed by atoms with Crippen LogP contribution in [0.15, 0.2) is 36.5 Å². The lowest BCUT2D eigenvalue weighted by Gasteiger charge is -2.12. The lowest BCUT2D eigenvalue weighted by molar-refractivity contribution is 0.0606. The van der Waals surface area contributed by atoms with Crippen LogP contribution in [0.3, 0.4) is 0 Å². The number of aromatic nitrogens is 1. The van der Waals surface area contributed by atoms with Crippen molar-refractivity contribution in [2.75, 3.05) is 12.4 Å². The highest BCUT2D eigenvalue weighted by Gasteiger charge is 2.11. The summed E-state index contributed by atoms with van der Waals surface area (Å²) in [4.78, 5) is 16.0. The number of nitrogens with one attached hydrogen (secondary N) is 1. The molecule has 106 valence electrons. The summed E-state index contributed by atoms with van der Waals surface area (Å²) in [7, 11) is 1.37. The van der Waals surface area contributed by atoms with Gasteiger partial charge in [-0.2, -0.15) is 0 Å². The van der Waals surface area contributed by atoms with Crippen LogP contribution in [0.25, 0.3) is 0 Å². The lowest BCUT2D eigenvalue weighted by atomic mass is 10.1. The number of carbonyl (C=O) groups excluding carboxylic acids is 1. The number of thiazole rings is 1. The number of benzene rings is 1. The number of esters is 1. The topological polar surface area (TPSA) is 51.2 Å². The van der Waals surface area contributed by atoms with Gasteiger partial charge in [-0.25, -0.2) is 9.78 Å². The molecule has 0 bridgehead atoms. The van der Waals surface area contributed by atoms with Crippen molar-refractivity contribution in [2.24, 2.45) is 0 Å². The summed E-state index contributed by atoms with van der Waals surface area (Å²) in [5.41, 5.74) is 1.33. The number of hydrogen-bond donors (Lipinski definition) is 1. The van der Waals surface area contributed by atoms with Gasteiger partial charge >= 0.3 is 5.97 Å². The Bertz CT molecular complexity index is 554. The predicted molar refractivity (Wildman–Crippen MR) is 81.3 cm³/mol. The summed E-state index contributed by atoms with van der Waals surface area (Å²) in [6.45, 7) is 2.11. The molecule has 0 amide bonds. The van der Waals surface area contributed by atoms with Crippen LogP contribution in [0.5, 0.6) is 0 Å². The first kappa shape index (κ1) is 14.5. The minimum Gasteiger partial charge on any atom is -0.465 e. The molecule has 0 aliphatic carbocycles. The number of anilines is 1. The van der Waals surface area contributed by atoms with Gasteiger partial charge in [-0.1, -0.05) is 41.7 Å². The number of hydrogen-bond acceptors (Lipinski definition) is 5. The van der Waals surface area contributed by atoms with E-state index in [1.807, 2.05) is 6.07 Å². The van der Waals surface area contributed by atoms with Gasteiger partial charge in [-0.05, 0) is 25.3 Å². The second kappa shape index (κ2) is 7.05. The third-order valence-corrected chi connectivity index (χ3v) is 3.88. The zero-order valence-corrected chi connectivity index (χ0v) is 12.4. The van der Waals surface area contributed by atoms with Crippen molar-refractivity contribution < 1.29 is 9.53 Å². The maximum atomic E-state index is 11.3. The first-order chi connectivity index (χ1) is 9.69. The Hall–Kier alpha value is -1.88. The highest BCUT2D eigenvalue weighted by Crippen LogP contribution is 2.20. The molecule has 1 aromatic carbocycles. The molecule has 0 aliphatic heterocycles. The summed E-state index contributed by atoms with van der Waals surface area (Å²) in [5, 5.41) is 4.07. The van der Waals surface area contributed by atoms with Crippen molar-refractivity contribution in [2.45, 2.75) is 25.8 Å². The summed E-state index contributed by atoms with van der Waals surface area (Å²) >= 11 is 1.32. The zero-order chi connectivity index (χ0) is 14.4. The minimum atomic E-state index is -0.340. The third-order valence-electron chi connectivity index (χ3n) is 2.97. The molecule has 0 saturated carbocycles. The number of aryl methyl sites for hydroxylation is 1. The molecule has 1 atom stereocenters. The van der Waals surface area contributed by atoms with Crippen LogP contribution < -0.4 is 5.32 Å². The first-order valence-electron chi connectivity index (χ1n) is 6.53. The van der Waals surface area contributed by atoms with Crippen LogP contribution in [-0.4, -0.2) is 24.1 Å². The molecule has 2 aromatic rings. The van der Waals surface area contributed by atoms with Gasteiger partial charge in [-0.3, -0.25) is 0 Å². The van der Waals surface area contributed by atoms with E-state index < -0.39 is 0 Å². The van der Waals surface area contributed by atoms with Gasteiger partial charge in [-0.15, -0.1) is 0 Å². The van der Waals surface area contributed by atoms with E-state index in [0.29, 0.717) is 10.9 Å². The smallest absolute Gasteiger partial charge is 0.349 e. The summed E-state index contributed by atoms with van der Waals surface area (Å²) in [6, 6.07) is 10.7. The third kappa shape index (κ3) is 4.06. The Labute approximate surface area is 122 Å². The fraction of sp³-hybridized carbons (Fsp3) is 0.333. The second-order valence-electron chi connectivity index (χ2n) is 4.59. The van der Waals surface area contributed by atoms with E-state index in [1.54, 1.807) is 6.20 Å². The van der Waals surface area contributed by atoms with Crippen molar-refractivity contribution >= 4 is 22.4 Å². The largest absolute Gasteiger partial charge is 0.465 e. The van der Waals surface area contributed by atoms with Crippen LogP contribution in [0.4, 0.5) is 5.13 Å². The van der Waals surface area contributed by atoms with E-state index in [0.717, 1.165) is 18.0 Å². The van der Waals surface area contributed by atoms with Crippen molar-refractivity contribution in [3.63, 3.8) is 0 Å². The molecule has 1 heterocycles. The Morgan fingerprint density at radius 2 is 2.15 bits per heavy atom. The monoisotopic (exact) mass is 290 g/mol. The first-order valence-corrected chi connectivity index (χ1v) is 7.35. The van der Waals surface area contributed by atoms with Gasteiger partial charge in [0.1, 0.15) is 4.88 Å². The van der Waals surface area contributed by atoms with E-state index in [-0.39, 0.29) is 5.97 Å². The molecule has 20 heavy (non-hydrogen) atoms. The SMILES string of the molecule is COC(=O)c1cnc(NC(C)CCc2ccccc2)s1. The molecular weight excluding hydrogens is 272 g/mol. The number of nitrogens with zero attached hydrogens (tertiary/aromatic N) is 1. The molecule has 5 heteroatoms.